The fraction of sp³-hybridized carbons (Fsp3) is 0.381. The first kappa shape index (κ1) is 23.8. The molecule has 1 N–H and O–H groups in total. The van der Waals surface area contributed by atoms with Crippen LogP contribution in [0.3, 0.4) is 0 Å². The number of hydrogen-bond acceptors (Lipinski definition) is 5. The number of sulfonamides is 1. The van der Waals surface area contributed by atoms with E-state index in [1.807, 2.05) is 38.1 Å². The number of nitrogens with one attached hydrogen (secondary N) is 1. The van der Waals surface area contributed by atoms with E-state index in [4.69, 9.17) is 21.1 Å². The number of amides is 1. The molecule has 2 aromatic rings. The van der Waals surface area contributed by atoms with E-state index in [2.05, 4.69) is 5.32 Å². The van der Waals surface area contributed by atoms with Gasteiger partial charge in [-0.3, -0.25) is 9.10 Å². The number of benzene rings is 2. The number of carbonyl (C=O) groups is 1. The van der Waals surface area contributed by atoms with Gasteiger partial charge in [0.15, 0.2) is 0 Å². The summed E-state index contributed by atoms with van der Waals surface area (Å²) in [5.41, 5.74) is 1.06. The van der Waals surface area contributed by atoms with E-state index in [9.17, 15) is 13.2 Å². The summed E-state index contributed by atoms with van der Waals surface area (Å²) in [4.78, 5) is 12.8. The largest absolute Gasteiger partial charge is 0.495 e. The fourth-order valence-electron chi connectivity index (χ4n) is 2.91. The van der Waals surface area contributed by atoms with Gasteiger partial charge in [-0.05, 0) is 56.7 Å². The normalized spacial score (nSPS) is 12.4. The number of nitrogens with zero attached hydrogens (tertiary/aromatic N) is 1. The average molecular weight is 455 g/mol. The predicted molar refractivity (Wildman–Crippen MR) is 119 cm³/mol. The van der Waals surface area contributed by atoms with E-state index in [1.165, 1.54) is 20.1 Å². The van der Waals surface area contributed by atoms with E-state index in [0.717, 1.165) is 21.9 Å². The summed E-state index contributed by atoms with van der Waals surface area (Å²) in [7, 11) is -2.37. The maximum Gasteiger partial charge on any atom is 0.243 e. The molecule has 164 valence electrons. The van der Waals surface area contributed by atoms with Crippen molar-refractivity contribution in [3.8, 4) is 11.5 Å². The van der Waals surface area contributed by atoms with Crippen molar-refractivity contribution in [1.29, 1.82) is 0 Å². The first-order valence-corrected chi connectivity index (χ1v) is 11.6. The summed E-state index contributed by atoms with van der Waals surface area (Å²) < 4.78 is 36.9. The third-order valence-corrected chi connectivity index (χ3v) is 5.69. The minimum Gasteiger partial charge on any atom is -0.495 e. The molecule has 0 spiro atoms. The summed E-state index contributed by atoms with van der Waals surface area (Å²) in [6, 6.07) is 10.9. The first-order chi connectivity index (χ1) is 14.0. The van der Waals surface area contributed by atoms with E-state index in [1.54, 1.807) is 12.1 Å². The molecule has 0 saturated carbocycles. The predicted octanol–water partition coefficient (Wildman–Crippen LogP) is 3.61. The molecule has 2 rings (SSSR count). The number of hydrogen-bond donors (Lipinski definition) is 1. The van der Waals surface area contributed by atoms with Crippen LogP contribution in [-0.4, -0.2) is 39.8 Å². The van der Waals surface area contributed by atoms with Gasteiger partial charge in [0.1, 0.15) is 17.5 Å². The molecule has 0 fully saturated rings. The smallest absolute Gasteiger partial charge is 0.243 e. The second kappa shape index (κ2) is 10.0. The van der Waals surface area contributed by atoms with Crippen LogP contribution in [-0.2, 0) is 21.4 Å². The highest BCUT2D eigenvalue weighted by Crippen LogP contribution is 2.34. The van der Waals surface area contributed by atoms with Crippen molar-refractivity contribution in [1.82, 2.24) is 5.32 Å². The molecule has 1 unspecified atom stereocenters. The molecule has 0 aliphatic carbocycles. The van der Waals surface area contributed by atoms with Crippen molar-refractivity contribution in [2.45, 2.75) is 39.5 Å². The molecule has 0 aliphatic heterocycles. The molecule has 7 nitrogen and oxygen atoms in total. The number of methoxy groups -OCH3 is 1. The van der Waals surface area contributed by atoms with Crippen LogP contribution in [0.25, 0.3) is 0 Å². The lowest BCUT2D eigenvalue weighted by molar-refractivity contribution is -0.122. The standard InChI is InChI=1S/C21H27ClN2O5S/c1-14(2)29-18-9-6-16(7-10-18)13-23-21(25)15(3)24(30(5,26)27)19-12-17(22)8-11-20(19)28-4/h6-12,14-15H,13H2,1-5H3,(H,23,25). The molecule has 30 heavy (non-hydrogen) atoms. The maximum atomic E-state index is 12.8. The first-order valence-electron chi connectivity index (χ1n) is 9.39. The molecule has 2 aromatic carbocycles. The van der Waals surface area contributed by atoms with Crippen LogP contribution in [0.4, 0.5) is 5.69 Å². The summed E-state index contributed by atoms with van der Waals surface area (Å²) in [6.07, 6.45) is 1.10. The zero-order valence-corrected chi connectivity index (χ0v) is 19.3. The highest BCUT2D eigenvalue weighted by Gasteiger charge is 2.31. The van der Waals surface area contributed by atoms with Gasteiger partial charge in [0.05, 0.1) is 25.2 Å². The lowest BCUT2D eigenvalue weighted by Gasteiger charge is -2.29. The molecule has 0 bridgehead atoms. The zero-order chi connectivity index (χ0) is 22.5. The zero-order valence-electron chi connectivity index (χ0n) is 17.7. The lowest BCUT2D eigenvalue weighted by atomic mass is 10.2. The van der Waals surface area contributed by atoms with Gasteiger partial charge in [-0.1, -0.05) is 23.7 Å². The van der Waals surface area contributed by atoms with Gasteiger partial charge in [-0.25, -0.2) is 8.42 Å². The van der Waals surface area contributed by atoms with Crippen molar-refractivity contribution >= 4 is 33.2 Å². The molecular weight excluding hydrogens is 428 g/mol. The number of halogens is 1. The van der Waals surface area contributed by atoms with Crippen LogP contribution < -0.4 is 19.1 Å². The van der Waals surface area contributed by atoms with Crippen LogP contribution in [0.15, 0.2) is 42.5 Å². The van der Waals surface area contributed by atoms with Crippen LogP contribution in [0, 0.1) is 0 Å². The second-order valence-corrected chi connectivity index (χ2v) is 9.38. The Hall–Kier alpha value is -2.45. The Morgan fingerprint density at radius 2 is 1.77 bits per heavy atom. The van der Waals surface area contributed by atoms with E-state index in [-0.39, 0.29) is 18.3 Å². The Morgan fingerprint density at radius 3 is 2.30 bits per heavy atom. The van der Waals surface area contributed by atoms with Crippen LogP contribution in [0.5, 0.6) is 11.5 Å². The van der Waals surface area contributed by atoms with E-state index >= 15 is 0 Å². The molecule has 1 atom stereocenters. The Balaban J connectivity index is 2.18. The topological polar surface area (TPSA) is 84.9 Å². The molecule has 0 saturated heterocycles. The molecule has 0 radical (unpaired) electrons. The van der Waals surface area contributed by atoms with Crippen LogP contribution in [0.1, 0.15) is 26.3 Å². The van der Waals surface area contributed by atoms with Gasteiger partial charge in [-0.2, -0.15) is 0 Å². The fourth-order valence-corrected chi connectivity index (χ4v) is 4.25. The van der Waals surface area contributed by atoms with Gasteiger partial charge in [-0.15, -0.1) is 0 Å². The third kappa shape index (κ3) is 6.27. The van der Waals surface area contributed by atoms with Gasteiger partial charge in [0.25, 0.3) is 0 Å². The average Bonchev–Trinajstić information content (AvgIpc) is 2.66. The summed E-state index contributed by atoms with van der Waals surface area (Å²) in [5.74, 6) is 0.583. The summed E-state index contributed by atoms with van der Waals surface area (Å²) in [6.45, 7) is 5.64. The van der Waals surface area contributed by atoms with E-state index in [0.29, 0.717) is 10.8 Å². The summed E-state index contributed by atoms with van der Waals surface area (Å²) >= 11 is 6.05. The molecular formula is C21H27ClN2O5S. The van der Waals surface area contributed by atoms with Crippen molar-refractivity contribution in [2.24, 2.45) is 0 Å². The van der Waals surface area contributed by atoms with Crippen molar-refractivity contribution in [3.63, 3.8) is 0 Å². The Morgan fingerprint density at radius 1 is 1.13 bits per heavy atom. The third-order valence-electron chi connectivity index (χ3n) is 4.23. The number of ether oxygens (including phenoxy) is 2. The van der Waals surface area contributed by atoms with Crippen molar-refractivity contribution < 1.29 is 22.7 Å². The monoisotopic (exact) mass is 454 g/mol. The number of anilines is 1. The van der Waals surface area contributed by atoms with E-state index < -0.39 is 22.0 Å². The Labute approximate surface area is 183 Å². The number of rotatable bonds is 9. The van der Waals surface area contributed by atoms with Crippen molar-refractivity contribution in [3.05, 3.63) is 53.1 Å². The van der Waals surface area contributed by atoms with Crippen molar-refractivity contribution in [2.75, 3.05) is 17.7 Å². The van der Waals surface area contributed by atoms with Crippen LogP contribution in [0.2, 0.25) is 5.02 Å². The van der Waals surface area contributed by atoms with Gasteiger partial charge < -0.3 is 14.8 Å². The highest BCUT2D eigenvalue weighted by atomic mass is 35.5. The van der Waals surface area contributed by atoms with Crippen LogP contribution >= 0.6 is 11.6 Å². The van der Waals surface area contributed by atoms with Gasteiger partial charge in [0, 0.05) is 11.6 Å². The molecule has 9 heteroatoms. The summed E-state index contributed by atoms with van der Waals surface area (Å²) in [5, 5.41) is 3.10. The Bertz CT molecular complexity index is 977. The number of carbonyl (C=O) groups excluding carboxylic acids is 1. The minimum atomic E-state index is -3.79. The minimum absolute atomic E-state index is 0.0712. The molecule has 0 aromatic heterocycles. The quantitative estimate of drug-likeness (QED) is 0.625. The maximum absolute atomic E-state index is 12.8. The molecule has 1 amide bonds. The highest BCUT2D eigenvalue weighted by molar-refractivity contribution is 7.92. The molecule has 0 heterocycles. The molecule has 0 aliphatic rings. The second-order valence-electron chi connectivity index (χ2n) is 7.08. The van der Waals surface area contributed by atoms with Gasteiger partial charge in [0.2, 0.25) is 15.9 Å². The van der Waals surface area contributed by atoms with Gasteiger partial charge >= 0.3 is 0 Å². The SMILES string of the molecule is COc1ccc(Cl)cc1N(C(C)C(=O)NCc1ccc(OC(C)C)cc1)S(C)(=O)=O. The lowest BCUT2D eigenvalue weighted by Crippen LogP contribution is -2.47. The Kier molecular flexibility index (Phi) is 7.97.